The van der Waals surface area contributed by atoms with Crippen LogP contribution in [0, 0.1) is 6.92 Å². The van der Waals surface area contributed by atoms with Crippen molar-refractivity contribution in [2.75, 3.05) is 4.72 Å². The normalized spacial score (nSPS) is 12.5. The van der Waals surface area contributed by atoms with Crippen molar-refractivity contribution in [2.24, 2.45) is 10.3 Å². The fourth-order valence-corrected chi connectivity index (χ4v) is 3.19. The van der Waals surface area contributed by atoms with Gasteiger partial charge in [0.2, 0.25) is 10.0 Å². The first-order chi connectivity index (χ1) is 7.50. The highest BCUT2D eigenvalue weighted by atomic mass is 79.9. The largest absolute Gasteiger partial charge is 0.296 e. The van der Waals surface area contributed by atoms with Crippen molar-refractivity contribution in [1.82, 2.24) is 0 Å². The average Bonchev–Trinajstić information content (AvgIpc) is 2.06. The van der Waals surface area contributed by atoms with E-state index in [0.29, 0.717) is 5.56 Å². The van der Waals surface area contributed by atoms with Gasteiger partial charge in [-0.05, 0) is 40.5 Å². The summed E-state index contributed by atoms with van der Waals surface area (Å²) in [5.74, 6) is 0. The van der Waals surface area contributed by atoms with E-state index in [-0.39, 0.29) is 15.1 Å². The van der Waals surface area contributed by atoms with Gasteiger partial charge in [0, 0.05) is 4.47 Å². The Balaban J connectivity index is 3.39. The molecule has 0 aliphatic rings. The van der Waals surface area contributed by atoms with Crippen LogP contribution in [0.15, 0.2) is 21.5 Å². The topological polar surface area (TPSA) is 132 Å². The molecule has 0 aliphatic heterocycles. The minimum absolute atomic E-state index is 0.0932. The lowest BCUT2D eigenvalue weighted by molar-refractivity contribution is 0.597. The van der Waals surface area contributed by atoms with E-state index in [2.05, 4.69) is 15.9 Å². The van der Waals surface area contributed by atoms with Gasteiger partial charge in [-0.25, -0.2) is 18.7 Å². The highest BCUT2D eigenvalue weighted by Crippen LogP contribution is 2.28. The molecule has 0 saturated heterocycles. The summed E-state index contributed by atoms with van der Waals surface area (Å²) in [6, 6.07) is 2.52. The summed E-state index contributed by atoms with van der Waals surface area (Å²) in [5, 5.41) is 9.80. The van der Waals surface area contributed by atoms with Crippen LogP contribution in [0.3, 0.4) is 0 Å². The fraction of sp³-hybridized carbons (Fsp3) is 0.143. The number of anilines is 1. The monoisotopic (exact) mass is 343 g/mol. The lowest BCUT2D eigenvalue weighted by atomic mass is 10.2. The maximum absolute atomic E-state index is 11.2. The van der Waals surface area contributed by atoms with Gasteiger partial charge in [-0.2, -0.15) is 8.42 Å². The van der Waals surface area contributed by atoms with Crippen LogP contribution in [0.1, 0.15) is 5.56 Å². The van der Waals surface area contributed by atoms with Gasteiger partial charge < -0.3 is 0 Å². The third-order valence-corrected chi connectivity index (χ3v) is 4.04. The number of hydrogen-bond donors (Lipinski definition) is 3. The van der Waals surface area contributed by atoms with E-state index in [9.17, 15) is 16.8 Å². The maximum atomic E-state index is 11.2. The molecule has 0 unspecified atom stereocenters. The van der Waals surface area contributed by atoms with E-state index in [4.69, 9.17) is 10.3 Å². The number of aryl methyl sites for hydroxylation is 1. The van der Waals surface area contributed by atoms with Crippen LogP contribution in [-0.2, 0) is 20.2 Å². The van der Waals surface area contributed by atoms with Crippen LogP contribution in [0.2, 0.25) is 0 Å². The van der Waals surface area contributed by atoms with Crippen molar-refractivity contribution in [3.63, 3.8) is 0 Å². The average molecular weight is 344 g/mol. The van der Waals surface area contributed by atoms with E-state index >= 15 is 0 Å². The number of benzene rings is 1. The summed E-state index contributed by atoms with van der Waals surface area (Å²) in [5.41, 5.74) is 0.444. The quantitative estimate of drug-likeness (QED) is 0.713. The van der Waals surface area contributed by atoms with Gasteiger partial charge in [0.1, 0.15) is 0 Å². The minimum atomic E-state index is -3.93. The Morgan fingerprint density at radius 1 is 1.18 bits per heavy atom. The summed E-state index contributed by atoms with van der Waals surface area (Å²) in [6.45, 7) is 1.49. The summed E-state index contributed by atoms with van der Waals surface area (Å²) >= 11 is 3.02. The number of rotatable bonds is 3. The van der Waals surface area contributed by atoms with Crippen molar-refractivity contribution in [1.29, 1.82) is 0 Å². The Kier molecular flexibility index (Phi) is 3.84. The second kappa shape index (κ2) is 4.53. The number of nitrogens with two attached hydrogens (primary N) is 2. The molecule has 1 rings (SSSR count). The molecular formula is C7H10BrN3O4S2. The van der Waals surface area contributed by atoms with Gasteiger partial charge in [-0.15, -0.1) is 0 Å². The smallest absolute Gasteiger partial charge is 0.270 e. The van der Waals surface area contributed by atoms with E-state index in [1.807, 2.05) is 4.72 Å². The molecule has 5 N–H and O–H groups in total. The Labute approximate surface area is 108 Å². The molecule has 96 valence electrons. The number of sulfonamides is 1. The van der Waals surface area contributed by atoms with Gasteiger partial charge in [0.25, 0.3) is 10.2 Å². The third-order valence-electron chi connectivity index (χ3n) is 1.82. The molecular weight excluding hydrogens is 334 g/mol. The number of halogens is 1. The molecule has 1 aromatic carbocycles. The molecule has 1 aromatic rings. The number of primary sulfonamides is 1. The summed E-state index contributed by atoms with van der Waals surface area (Å²) < 4.78 is 46.3. The van der Waals surface area contributed by atoms with Crippen molar-refractivity contribution in [3.8, 4) is 0 Å². The summed E-state index contributed by atoms with van der Waals surface area (Å²) in [4.78, 5) is -0.0932. The lowest BCUT2D eigenvalue weighted by Gasteiger charge is -2.10. The molecule has 0 aliphatic carbocycles. The second-order valence-corrected chi connectivity index (χ2v) is 6.97. The minimum Gasteiger partial charge on any atom is -0.270 e. The number of nitrogens with one attached hydrogen (secondary N) is 1. The zero-order chi connectivity index (χ0) is 13.4. The Hall–Kier alpha value is -0.680. The van der Waals surface area contributed by atoms with Crippen molar-refractivity contribution in [2.45, 2.75) is 11.8 Å². The zero-order valence-corrected chi connectivity index (χ0v) is 11.9. The summed E-state index contributed by atoms with van der Waals surface area (Å²) in [6.07, 6.45) is 0. The molecule has 0 bridgehead atoms. The molecule has 0 spiro atoms. The molecule has 0 heterocycles. The highest BCUT2D eigenvalue weighted by molar-refractivity contribution is 9.10. The standard InChI is InChI=1S/C7H10BrN3O4S2/c1-4-2-6(11-17(10,14)15)5(8)3-7(4)16(9,12)13/h2-3,11H,1H3,(H2,9,12,13)(H2,10,14,15). The van der Waals surface area contributed by atoms with Crippen LogP contribution in [-0.4, -0.2) is 16.8 Å². The van der Waals surface area contributed by atoms with Gasteiger partial charge in [-0.1, -0.05) is 0 Å². The molecule has 0 atom stereocenters. The summed E-state index contributed by atoms with van der Waals surface area (Å²) in [7, 11) is -7.78. The maximum Gasteiger partial charge on any atom is 0.296 e. The third kappa shape index (κ3) is 3.92. The van der Waals surface area contributed by atoms with E-state index in [0.717, 1.165) is 0 Å². The molecule has 17 heavy (non-hydrogen) atoms. The van der Waals surface area contributed by atoms with Crippen LogP contribution < -0.4 is 15.0 Å². The van der Waals surface area contributed by atoms with Crippen molar-refractivity contribution < 1.29 is 16.8 Å². The Morgan fingerprint density at radius 2 is 1.71 bits per heavy atom. The molecule has 7 nitrogen and oxygen atoms in total. The first-order valence-corrected chi connectivity index (χ1v) is 8.03. The first kappa shape index (κ1) is 14.4. The highest BCUT2D eigenvalue weighted by Gasteiger charge is 2.16. The zero-order valence-electron chi connectivity index (χ0n) is 8.64. The molecule has 0 amide bonds. The molecule has 0 saturated carbocycles. The fourth-order valence-electron chi connectivity index (χ4n) is 1.20. The molecule has 10 heteroatoms. The van der Waals surface area contributed by atoms with E-state index in [1.165, 1.54) is 19.1 Å². The number of hydrogen-bond acceptors (Lipinski definition) is 4. The lowest BCUT2D eigenvalue weighted by Crippen LogP contribution is -2.22. The van der Waals surface area contributed by atoms with Crippen LogP contribution in [0.4, 0.5) is 5.69 Å². The Morgan fingerprint density at radius 3 is 2.12 bits per heavy atom. The van der Waals surface area contributed by atoms with Gasteiger partial charge in [0.05, 0.1) is 10.6 Å². The van der Waals surface area contributed by atoms with Gasteiger partial charge in [0.15, 0.2) is 0 Å². The van der Waals surface area contributed by atoms with Crippen LogP contribution >= 0.6 is 15.9 Å². The molecule has 0 fully saturated rings. The van der Waals surface area contributed by atoms with Crippen molar-refractivity contribution in [3.05, 3.63) is 22.2 Å². The van der Waals surface area contributed by atoms with Gasteiger partial charge in [-0.3, -0.25) is 4.72 Å². The van der Waals surface area contributed by atoms with Crippen LogP contribution in [0.5, 0.6) is 0 Å². The van der Waals surface area contributed by atoms with E-state index < -0.39 is 20.2 Å². The van der Waals surface area contributed by atoms with Crippen LogP contribution in [0.25, 0.3) is 0 Å². The van der Waals surface area contributed by atoms with E-state index in [1.54, 1.807) is 0 Å². The Bertz CT molecular complexity index is 654. The predicted octanol–water partition coefficient (Wildman–Crippen LogP) is 0.0203. The van der Waals surface area contributed by atoms with Crippen molar-refractivity contribution >= 4 is 41.8 Å². The van der Waals surface area contributed by atoms with Gasteiger partial charge >= 0.3 is 0 Å². The first-order valence-electron chi connectivity index (χ1n) is 4.14. The molecule has 0 radical (unpaired) electrons. The predicted molar refractivity (Wildman–Crippen MR) is 67.0 cm³/mol. The molecule has 0 aromatic heterocycles. The SMILES string of the molecule is Cc1cc(NS(N)(=O)=O)c(Br)cc1S(N)(=O)=O. The second-order valence-electron chi connectivity index (χ2n) is 3.29.